The molecule has 0 spiro atoms. The summed E-state index contributed by atoms with van der Waals surface area (Å²) in [7, 11) is 0. The van der Waals surface area contributed by atoms with Gasteiger partial charge in [0.05, 0.1) is 25.4 Å². The fourth-order valence-corrected chi connectivity index (χ4v) is 6.52. The number of Topliss-reactive ketones (excluding diaryl/α,β-unsaturated/α-hetero) is 1. The lowest BCUT2D eigenvalue weighted by atomic mass is 9.85. The minimum absolute atomic E-state index is 0.147. The van der Waals surface area contributed by atoms with E-state index in [0.717, 1.165) is 86.1 Å². The average molecular weight is 579 g/mol. The van der Waals surface area contributed by atoms with Gasteiger partial charge in [0.25, 0.3) is 0 Å². The van der Waals surface area contributed by atoms with Crippen LogP contribution in [0.15, 0.2) is 73.1 Å². The number of para-hydroxylation sites is 1. The minimum Gasteiger partial charge on any atom is -0.493 e. The summed E-state index contributed by atoms with van der Waals surface area (Å²) in [6.45, 7) is 5.42. The van der Waals surface area contributed by atoms with Crippen LogP contribution in [0.4, 0.5) is 5.69 Å². The van der Waals surface area contributed by atoms with E-state index in [-0.39, 0.29) is 11.7 Å². The molecular weight excluding hydrogens is 540 g/mol. The molecule has 222 valence electrons. The predicted octanol–water partition coefficient (Wildman–Crippen LogP) is 5.45. The number of ether oxygens (including phenoxy) is 2. The summed E-state index contributed by atoms with van der Waals surface area (Å²) in [5, 5.41) is 11.7. The van der Waals surface area contributed by atoms with E-state index in [1.165, 1.54) is 6.42 Å². The Hall–Kier alpha value is -4.08. The summed E-state index contributed by atoms with van der Waals surface area (Å²) in [4.78, 5) is 25.2. The standard InChI is InChI=1S/C34H38N6O3/c41-30(21-26-11-19-43-31-7-2-1-6-29(26)31)27-4-3-5-28(20-27)37-34(12-17-40(18-13-34)16-10-24-22-42-23-24)33-36-32(38-39-33)25-8-14-35-15-9-25/h1-9,14-15,20,24,26,37H,10-13,16-19,21-23H2,(H,36,38,39)/t26-/m1/s1. The number of carbonyl (C=O) groups excluding carboxylic acids is 1. The van der Waals surface area contributed by atoms with Crippen LogP contribution in [0.2, 0.25) is 0 Å². The minimum atomic E-state index is -0.435. The highest BCUT2D eigenvalue weighted by atomic mass is 16.5. The van der Waals surface area contributed by atoms with Crippen molar-refractivity contribution in [3.8, 4) is 17.1 Å². The van der Waals surface area contributed by atoms with Gasteiger partial charge in [-0.05, 0) is 74.0 Å². The molecule has 0 saturated carbocycles. The molecule has 4 aromatic rings. The third-order valence-electron chi connectivity index (χ3n) is 9.23. The van der Waals surface area contributed by atoms with Gasteiger partial charge in [0.2, 0.25) is 0 Å². The number of hydrogen-bond donors (Lipinski definition) is 2. The molecule has 0 unspecified atom stereocenters. The molecule has 9 heteroatoms. The Labute approximate surface area is 252 Å². The Morgan fingerprint density at radius 3 is 2.70 bits per heavy atom. The molecule has 0 radical (unpaired) electrons. The lowest BCUT2D eigenvalue weighted by Gasteiger charge is -2.42. The highest BCUT2D eigenvalue weighted by Crippen LogP contribution is 2.38. The lowest BCUT2D eigenvalue weighted by molar-refractivity contribution is -0.0400. The highest BCUT2D eigenvalue weighted by molar-refractivity contribution is 5.97. The van der Waals surface area contributed by atoms with Crippen molar-refractivity contribution in [1.29, 1.82) is 0 Å². The van der Waals surface area contributed by atoms with E-state index in [0.29, 0.717) is 24.8 Å². The Balaban J connectivity index is 1.10. The maximum Gasteiger partial charge on any atom is 0.181 e. The van der Waals surface area contributed by atoms with Crippen LogP contribution < -0.4 is 10.1 Å². The molecule has 2 aromatic heterocycles. The Bertz CT molecular complexity index is 1540. The predicted molar refractivity (Wildman–Crippen MR) is 164 cm³/mol. The van der Waals surface area contributed by atoms with Gasteiger partial charge in [0.15, 0.2) is 17.4 Å². The number of anilines is 1. The number of rotatable bonds is 10. The third-order valence-corrected chi connectivity index (χ3v) is 9.23. The zero-order chi connectivity index (χ0) is 29.1. The lowest BCUT2D eigenvalue weighted by Crippen LogP contribution is -2.48. The number of nitrogens with one attached hydrogen (secondary N) is 2. The van der Waals surface area contributed by atoms with Crippen molar-refractivity contribution in [3.05, 3.63) is 90.0 Å². The Morgan fingerprint density at radius 2 is 1.88 bits per heavy atom. The second-order valence-electron chi connectivity index (χ2n) is 12.1. The van der Waals surface area contributed by atoms with Crippen LogP contribution in [0.25, 0.3) is 11.4 Å². The van der Waals surface area contributed by atoms with Gasteiger partial charge in [-0.3, -0.25) is 14.9 Å². The van der Waals surface area contributed by atoms with Gasteiger partial charge in [0.1, 0.15) is 5.75 Å². The largest absolute Gasteiger partial charge is 0.493 e. The number of aromatic amines is 1. The molecule has 2 aromatic carbocycles. The SMILES string of the molecule is O=C(C[C@H]1CCOc2ccccc21)c1cccc(NC2(c3nc(-c4ccncc4)n[nH]3)CCN(CCC3COC3)CC2)c1. The molecule has 2 N–H and O–H groups in total. The zero-order valence-corrected chi connectivity index (χ0v) is 24.4. The number of piperidine rings is 1. The van der Waals surface area contributed by atoms with Crippen LogP contribution in [0.1, 0.15) is 59.8 Å². The first-order valence-electron chi connectivity index (χ1n) is 15.4. The average Bonchev–Trinajstić information content (AvgIpc) is 3.53. The molecule has 0 aliphatic carbocycles. The highest BCUT2D eigenvalue weighted by Gasteiger charge is 2.40. The van der Waals surface area contributed by atoms with Crippen molar-refractivity contribution >= 4 is 11.5 Å². The van der Waals surface area contributed by atoms with E-state index in [4.69, 9.17) is 14.5 Å². The fraction of sp³-hybridized carbons (Fsp3) is 0.412. The van der Waals surface area contributed by atoms with Crippen molar-refractivity contribution in [2.24, 2.45) is 5.92 Å². The van der Waals surface area contributed by atoms with Crippen molar-refractivity contribution in [2.75, 3.05) is 44.8 Å². The summed E-state index contributed by atoms with van der Waals surface area (Å²) >= 11 is 0. The van der Waals surface area contributed by atoms with Crippen molar-refractivity contribution in [1.82, 2.24) is 25.1 Å². The van der Waals surface area contributed by atoms with Gasteiger partial charge in [-0.25, -0.2) is 4.98 Å². The van der Waals surface area contributed by atoms with E-state index >= 15 is 0 Å². The number of carbonyl (C=O) groups is 1. The first-order chi connectivity index (χ1) is 21.1. The molecule has 5 heterocycles. The molecule has 2 fully saturated rings. The van der Waals surface area contributed by atoms with E-state index in [2.05, 4.69) is 31.5 Å². The van der Waals surface area contributed by atoms with Crippen LogP contribution in [-0.2, 0) is 10.3 Å². The first-order valence-corrected chi connectivity index (χ1v) is 15.4. The van der Waals surface area contributed by atoms with Gasteiger partial charge in [0, 0.05) is 54.6 Å². The molecule has 43 heavy (non-hydrogen) atoms. The molecule has 3 aliphatic rings. The number of H-pyrrole nitrogens is 1. The zero-order valence-electron chi connectivity index (χ0n) is 24.4. The molecule has 0 amide bonds. The maximum absolute atomic E-state index is 13.6. The van der Waals surface area contributed by atoms with Crippen LogP contribution in [0.3, 0.4) is 0 Å². The normalized spacial score (nSPS) is 20.0. The third kappa shape index (κ3) is 6.05. The molecule has 3 aliphatic heterocycles. The summed E-state index contributed by atoms with van der Waals surface area (Å²) < 4.78 is 11.2. The van der Waals surface area contributed by atoms with Gasteiger partial charge in [-0.1, -0.05) is 30.3 Å². The van der Waals surface area contributed by atoms with Gasteiger partial charge in [-0.2, -0.15) is 5.10 Å². The van der Waals surface area contributed by atoms with Crippen LogP contribution in [0, 0.1) is 5.92 Å². The number of benzene rings is 2. The smallest absolute Gasteiger partial charge is 0.181 e. The first kappa shape index (κ1) is 27.7. The Kier molecular flexibility index (Phi) is 7.91. The van der Waals surface area contributed by atoms with Crippen molar-refractivity contribution < 1.29 is 14.3 Å². The van der Waals surface area contributed by atoms with Crippen molar-refractivity contribution in [2.45, 2.75) is 43.6 Å². The van der Waals surface area contributed by atoms with Crippen LogP contribution >= 0.6 is 0 Å². The van der Waals surface area contributed by atoms with E-state index in [1.807, 2.05) is 54.6 Å². The monoisotopic (exact) mass is 578 g/mol. The van der Waals surface area contributed by atoms with Gasteiger partial charge < -0.3 is 19.7 Å². The molecule has 1 atom stereocenters. The van der Waals surface area contributed by atoms with E-state index < -0.39 is 5.54 Å². The fourth-order valence-electron chi connectivity index (χ4n) is 6.52. The van der Waals surface area contributed by atoms with Crippen LogP contribution in [-0.4, -0.2) is 70.3 Å². The summed E-state index contributed by atoms with van der Waals surface area (Å²) in [5.41, 5.74) is 3.26. The number of fused-ring (bicyclic) bond motifs is 1. The number of nitrogens with zero attached hydrogens (tertiary/aromatic N) is 4. The number of likely N-dealkylation sites (tertiary alicyclic amines) is 1. The number of ketones is 1. The second kappa shape index (κ2) is 12.3. The molecular formula is C34H38N6O3. The van der Waals surface area contributed by atoms with E-state index in [1.54, 1.807) is 12.4 Å². The molecule has 0 bridgehead atoms. The topological polar surface area (TPSA) is 105 Å². The maximum atomic E-state index is 13.6. The quantitative estimate of drug-likeness (QED) is 0.240. The summed E-state index contributed by atoms with van der Waals surface area (Å²) in [6.07, 6.45) is 7.74. The van der Waals surface area contributed by atoms with Crippen LogP contribution in [0.5, 0.6) is 5.75 Å². The Morgan fingerprint density at radius 1 is 1.05 bits per heavy atom. The molecule has 2 saturated heterocycles. The molecule has 9 nitrogen and oxygen atoms in total. The summed E-state index contributed by atoms with van der Waals surface area (Å²) in [5.74, 6) is 3.38. The number of hydrogen-bond acceptors (Lipinski definition) is 8. The van der Waals surface area contributed by atoms with Gasteiger partial charge in [-0.15, -0.1) is 0 Å². The van der Waals surface area contributed by atoms with E-state index in [9.17, 15) is 4.79 Å². The summed E-state index contributed by atoms with van der Waals surface area (Å²) in [6, 6.07) is 19.9. The van der Waals surface area contributed by atoms with Gasteiger partial charge >= 0.3 is 0 Å². The number of pyridine rings is 1. The number of aromatic nitrogens is 4. The second-order valence-corrected chi connectivity index (χ2v) is 12.1. The molecule has 7 rings (SSSR count). The van der Waals surface area contributed by atoms with Crippen molar-refractivity contribution in [3.63, 3.8) is 0 Å².